The molecule has 1 aliphatic rings. The monoisotopic (exact) mass is 384 g/mol. The zero-order valence-corrected chi connectivity index (χ0v) is 15.2. The van der Waals surface area contributed by atoms with Crippen LogP contribution >= 0.6 is 0 Å². The topological polar surface area (TPSA) is 103 Å². The lowest BCUT2D eigenvalue weighted by Crippen LogP contribution is -2.17. The maximum atomic E-state index is 13.0. The molecule has 138 valence electrons. The predicted molar refractivity (Wildman–Crippen MR) is 98.5 cm³/mol. The quantitative estimate of drug-likeness (QED) is 0.738. The van der Waals surface area contributed by atoms with E-state index >= 15 is 0 Å². The number of pyridine rings is 1. The zero-order chi connectivity index (χ0) is 19.0. The van der Waals surface area contributed by atoms with E-state index in [-0.39, 0.29) is 23.1 Å². The first-order valence-corrected chi connectivity index (χ1v) is 9.84. The fourth-order valence-corrected chi connectivity index (χ4v) is 4.34. The molecule has 1 amide bonds. The highest BCUT2D eigenvalue weighted by molar-refractivity contribution is 7.91. The molecule has 0 bridgehead atoms. The van der Waals surface area contributed by atoms with Crippen LogP contribution in [0.15, 0.2) is 53.9 Å². The second-order valence-electron chi connectivity index (χ2n) is 5.98. The van der Waals surface area contributed by atoms with E-state index in [0.29, 0.717) is 22.7 Å². The Labute approximate surface area is 155 Å². The summed E-state index contributed by atoms with van der Waals surface area (Å²) in [6.45, 7) is 0.194. The molecule has 0 saturated heterocycles. The molecule has 0 atom stereocenters. The minimum Gasteiger partial charge on any atom is -0.497 e. The number of amides is 1. The third-order valence-corrected chi connectivity index (χ3v) is 5.90. The van der Waals surface area contributed by atoms with Gasteiger partial charge in [0.25, 0.3) is 5.91 Å². The van der Waals surface area contributed by atoms with Crippen LogP contribution in [0.5, 0.6) is 5.75 Å². The highest BCUT2D eigenvalue weighted by Gasteiger charge is 2.35. The molecule has 3 aromatic rings. The van der Waals surface area contributed by atoms with Gasteiger partial charge in [0.05, 0.1) is 12.9 Å². The van der Waals surface area contributed by atoms with Crippen LogP contribution in [0.1, 0.15) is 10.5 Å². The van der Waals surface area contributed by atoms with Gasteiger partial charge in [0.2, 0.25) is 15.0 Å². The number of hydrogen-bond acceptors (Lipinski definition) is 6. The standard InChI is InChI=1S/C18H16N4O4S/c1-26-14-4-2-12(3-5-14)15-16(17(23)20-13-6-8-19-9-7-13)22-10-11-27(24,25)18(22)21-15/h2-9H,10-11H2,1H3,(H,19,20,23). The molecule has 0 aliphatic carbocycles. The van der Waals surface area contributed by atoms with Crippen molar-refractivity contribution in [2.75, 3.05) is 18.2 Å². The summed E-state index contributed by atoms with van der Waals surface area (Å²) < 4.78 is 31.2. The largest absolute Gasteiger partial charge is 0.497 e. The van der Waals surface area contributed by atoms with E-state index in [4.69, 9.17) is 4.74 Å². The highest BCUT2D eigenvalue weighted by atomic mass is 32.2. The van der Waals surface area contributed by atoms with E-state index in [1.807, 2.05) is 0 Å². The van der Waals surface area contributed by atoms with E-state index in [1.54, 1.807) is 55.9 Å². The number of imidazole rings is 1. The van der Waals surface area contributed by atoms with Crippen LogP contribution in [-0.2, 0) is 16.4 Å². The molecule has 0 saturated carbocycles. The van der Waals surface area contributed by atoms with Crippen LogP contribution in [0.2, 0.25) is 0 Å². The predicted octanol–water partition coefficient (Wildman–Crippen LogP) is 1.99. The van der Waals surface area contributed by atoms with Crippen molar-refractivity contribution >= 4 is 21.4 Å². The van der Waals surface area contributed by atoms with E-state index in [9.17, 15) is 13.2 Å². The normalized spacial score (nSPS) is 14.6. The SMILES string of the molecule is COc1ccc(-c2nc3n(c2C(=O)Nc2ccncc2)CCS3(=O)=O)cc1. The Morgan fingerprint density at radius 2 is 1.85 bits per heavy atom. The lowest BCUT2D eigenvalue weighted by Gasteiger charge is -2.09. The van der Waals surface area contributed by atoms with Gasteiger partial charge in [0, 0.05) is 30.2 Å². The number of hydrogen-bond donors (Lipinski definition) is 1. The third-order valence-electron chi connectivity index (χ3n) is 4.31. The van der Waals surface area contributed by atoms with E-state index in [0.717, 1.165) is 0 Å². The zero-order valence-electron chi connectivity index (χ0n) is 14.4. The van der Waals surface area contributed by atoms with Crippen molar-refractivity contribution in [3.8, 4) is 17.0 Å². The third kappa shape index (κ3) is 3.06. The smallest absolute Gasteiger partial charge is 0.274 e. The van der Waals surface area contributed by atoms with Gasteiger partial charge in [-0.05, 0) is 36.4 Å². The summed E-state index contributed by atoms with van der Waals surface area (Å²) in [4.78, 5) is 21.2. The summed E-state index contributed by atoms with van der Waals surface area (Å²) in [5.74, 6) is 0.164. The number of sulfone groups is 1. The number of benzene rings is 1. The van der Waals surface area contributed by atoms with Gasteiger partial charge < -0.3 is 14.6 Å². The second kappa shape index (κ2) is 6.51. The fraction of sp³-hybridized carbons (Fsp3) is 0.167. The Bertz CT molecular complexity index is 1110. The van der Waals surface area contributed by atoms with Crippen LogP contribution < -0.4 is 10.1 Å². The number of rotatable bonds is 4. The average Bonchev–Trinajstić information content (AvgIpc) is 3.20. The van der Waals surface area contributed by atoms with Crippen molar-refractivity contribution in [2.24, 2.45) is 0 Å². The molecule has 1 N–H and O–H groups in total. The van der Waals surface area contributed by atoms with Crippen molar-refractivity contribution in [3.63, 3.8) is 0 Å². The number of methoxy groups -OCH3 is 1. The highest BCUT2D eigenvalue weighted by Crippen LogP contribution is 2.31. The number of carbonyl (C=O) groups excluding carboxylic acids is 1. The van der Waals surface area contributed by atoms with Gasteiger partial charge in [-0.2, -0.15) is 0 Å². The summed E-state index contributed by atoms with van der Waals surface area (Å²) >= 11 is 0. The van der Waals surface area contributed by atoms with Crippen molar-refractivity contribution in [1.29, 1.82) is 0 Å². The Kier molecular flexibility index (Phi) is 4.15. The molecule has 0 spiro atoms. The van der Waals surface area contributed by atoms with Crippen LogP contribution in [0.25, 0.3) is 11.3 Å². The lowest BCUT2D eigenvalue weighted by molar-refractivity contribution is 0.101. The first-order chi connectivity index (χ1) is 13.0. The molecule has 3 heterocycles. The number of nitrogens with zero attached hydrogens (tertiary/aromatic N) is 3. The second-order valence-corrected chi connectivity index (χ2v) is 7.98. The molecule has 8 nitrogen and oxygen atoms in total. The summed E-state index contributed by atoms with van der Waals surface area (Å²) in [6.07, 6.45) is 3.12. The van der Waals surface area contributed by atoms with Crippen LogP contribution in [-0.4, -0.2) is 41.7 Å². The van der Waals surface area contributed by atoms with Gasteiger partial charge in [0.15, 0.2) is 0 Å². The first-order valence-electron chi connectivity index (χ1n) is 8.19. The minimum absolute atomic E-state index is 0.0617. The number of anilines is 1. The Morgan fingerprint density at radius 1 is 1.15 bits per heavy atom. The van der Waals surface area contributed by atoms with E-state index in [1.165, 1.54) is 4.57 Å². The summed E-state index contributed by atoms with van der Waals surface area (Å²) in [6, 6.07) is 10.3. The summed E-state index contributed by atoms with van der Waals surface area (Å²) in [5.41, 5.74) is 1.73. The van der Waals surface area contributed by atoms with Crippen molar-refractivity contribution in [1.82, 2.24) is 14.5 Å². The van der Waals surface area contributed by atoms with E-state index in [2.05, 4.69) is 15.3 Å². The van der Waals surface area contributed by atoms with Crippen molar-refractivity contribution in [3.05, 3.63) is 54.5 Å². The van der Waals surface area contributed by atoms with Gasteiger partial charge in [-0.1, -0.05) is 0 Å². The molecule has 1 aromatic carbocycles. The van der Waals surface area contributed by atoms with Crippen molar-refractivity contribution in [2.45, 2.75) is 11.7 Å². The molecule has 4 rings (SSSR count). The number of carbonyl (C=O) groups is 1. The van der Waals surface area contributed by atoms with Gasteiger partial charge in [-0.3, -0.25) is 9.78 Å². The summed E-state index contributed by atoms with van der Waals surface area (Å²) in [7, 11) is -1.94. The first kappa shape index (κ1) is 17.2. The fourth-order valence-electron chi connectivity index (χ4n) is 2.99. The average molecular weight is 384 g/mol. The van der Waals surface area contributed by atoms with Gasteiger partial charge in [0.1, 0.15) is 17.1 Å². The minimum atomic E-state index is -3.50. The number of nitrogens with one attached hydrogen (secondary N) is 1. The number of fused-ring (bicyclic) bond motifs is 1. The van der Waals surface area contributed by atoms with Gasteiger partial charge in [-0.25, -0.2) is 13.4 Å². The van der Waals surface area contributed by atoms with Crippen LogP contribution in [0, 0.1) is 0 Å². The van der Waals surface area contributed by atoms with Crippen LogP contribution in [0.3, 0.4) is 0 Å². The molecular formula is C18H16N4O4S. The molecule has 0 fully saturated rings. The number of ether oxygens (including phenoxy) is 1. The maximum Gasteiger partial charge on any atom is 0.274 e. The maximum absolute atomic E-state index is 13.0. The molecule has 0 radical (unpaired) electrons. The van der Waals surface area contributed by atoms with Gasteiger partial charge >= 0.3 is 0 Å². The Balaban J connectivity index is 1.82. The molecule has 9 heteroatoms. The number of aromatic nitrogens is 3. The lowest BCUT2D eigenvalue weighted by atomic mass is 10.1. The van der Waals surface area contributed by atoms with Crippen LogP contribution in [0.4, 0.5) is 5.69 Å². The Morgan fingerprint density at radius 3 is 2.52 bits per heavy atom. The van der Waals surface area contributed by atoms with Crippen molar-refractivity contribution < 1.29 is 17.9 Å². The van der Waals surface area contributed by atoms with Gasteiger partial charge in [-0.15, -0.1) is 0 Å². The molecule has 27 heavy (non-hydrogen) atoms. The Hall–Kier alpha value is -3.20. The van der Waals surface area contributed by atoms with E-state index < -0.39 is 15.7 Å². The molecule has 0 unspecified atom stereocenters. The summed E-state index contributed by atoms with van der Waals surface area (Å²) in [5, 5.41) is 2.70. The molecule has 1 aliphatic heterocycles. The molecule has 2 aromatic heterocycles. The molecular weight excluding hydrogens is 368 g/mol.